The van der Waals surface area contributed by atoms with Crippen LogP contribution in [0.25, 0.3) is 0 Å². The molecule has 3 atom stereocenters. The fourth-order valence-electron chi connectivity index (χ4n) is 4.64. The Hall–Kier alpha value is -1.46. The number of hydrogen-bond acceptors (Lipinski definition) is 3. The summed E-state index contributed by atoms with van der Waals surface area (Å²) in [6.07, 6.45) is 7.05. The summed E-state index contributed by atoms with van der Waals surface area (Å²) in [4.78, 5) is 27.3. The molecular formula is C20H24Cl2N2O3. The van der Waals surface area contributed by atoms with E-state index in [1.54, 1.807) is 0 Å². The van der Waals surface area contributed by atoms with Gasteiger partial charge in [0.2, 0.25) is 5.91 Å². The number of benzene rings is 1. The maximum absolute atomic E-state index is 12.7. The van der Waals surface area contributed by atoms with Crippen molar-refractivity contribution >= 4 is 35.0 Å². The molecule has 5 rings (SSSR count). The zero-order valence-electron chi connectivity index (χ0n) is 15.1. The van der Waals surface area contributed by atoms with Crippen molar-refractivity contribution in [3.63, 3.8) is 0 Å². The average Bonchev–Trinajstić information content (AvgIpc) is 2.61. The van der Waals surface area contributed by atoms with Gasteiger partial charge in [-0.1, -0.05) is 29.6 Å². The molecule has 2 heterocycles. The van der Waals surface area contributed by atoms with E-state index in [0.29, 0.717) is 23.9 Å². The zero-order chi connectivity index (χ0) is 19.1. The summed E-state index contributed by atoms with van der Waals surface area (Å²) in [5.74, 6) is 0.474. The van der Waals surface area contributed by atoms with Gasteiger partial charge in [-0.2, -0.15) is 0 Å². The molecule has 2 saturated heterocycles. The Labute approximate surface area is 169 Å². The van der Waals surface area contributed by atoms with Crippen LogP contribution in [0.4, 0.5) is 0 Å². The molecule has 2 aliphatic carbocycles. The van der Waals surface area contributed by atoms with Crippen LogP contribution in [-0.2, 0) is 4.79 Å². The molecule has 4 fully saturated rings. The van der Waals surface area contributed by atoms with Crippen molar-refractivity contribution in [3.8, 4) is 5.75 Å². The van der Waals surface area contributed by atoms with Gasteiger partial charge < -0.3 is 15.3 Å². The van der Waals surface area contributed by atoms with E-state index >= 15 is 0 Å². The van der Waals surface area contributed by atoms with Crippen molar-refractivity contribution in [1.82, 2.24) is 10.2 Å². The topological polar surface area (TPSA) is 69.6 Å². The van der Waals surface area contributed by atoms with Crippen LogP contribution < -0.4 is 5.32 Å². The Kier molecular flexibility index (Phi) is 5.26. The van der Waals surface area contributed by atoms with Crippen LogP contribution in [0, 0.1) is 11.8 Å². The molecule has 0 radical (unpaired) electrons. The lowest BCUT2D eigenvalue weighted by Gasteiger charge is -2.50. The normalized spacial score (nSPS) is 27.3. The second-order valence-electron chi connectivity index (χ2n) is 8.14. The van der Waals surface area contributed by atoms with Gasteiger partial charge in [-0.3, -0.25) is 9.59 Å². The Morgan fingerprint density at radius 1 is 1.19 bits per heavy atom. The highest BCUT2D eigenvalue weighted by Crippen LogP contribution is 2.38. The standard InChI is InChI=1S/C20H24Cl2N2O3/c21-13-7-15(19(26)16(22)8-13)20(27)23-17-9-14-5-4-12(17)10-24(14)18(25)6-11-2-1-3-11/h7-8,11-12,14,17,26H,1-6,9-10H2,(H,23,27)/t12-,14-,17-/m1/s1. The van der Waals surface area contributed by atoms with Crippen molar-refractivity contribution in [3.05, 3.63) is 27.7 Å². The lowest BCUT2D eigenvalue weighted by molar-refractivity contribution is -0.141. The first-order chi connectivity index (χ1) is 12.9. The number of rotatable bonds is 4. The number of nitrogens with one attached hydrogen (secondary N) is 1. The number of carbonyl (C=O) groups is 2. The Morgan fingerprint density at radius 2 is 1.96 bits per heavy atom. The van der Waals surface area contributed by atoms with Crippen molar-refractivity contribution in [1.29, 1.82) is 0 Å². The first-order valence-corrected chi connectivity index (χ1v) is 10.5. The number of phenolic OH excluding ortho intramolecular Hbond substituents is 1. The van der Waals surface area contributed by atoms with E-state index < -0.39 is 0 Å². The molecule has 1 aromatic rings. The second-order valence-corrected chi connectivity index (χ2v) is 8.98. The minimum absolute atomic E-state index is 0.00107. The van der Waals surface area contributed by atoms with Crippen molar-refractivity contribution in [2.24, 2.45) is 11.8 Å². The molecule has 27 heavy (non-hydrogen) atoms. The largest absolute Gasteiger partial charge is 0.506 e. The smallest absolute Gasteiger partial charge is 0.255 e. The number of amides is 2. The van der Waals surface area contributed by atoms with Crippen molar-refractivity contribution in [2.45, 2.75) is 57.0 Å². The molecule has 2 N–H and O–H groups in total. The molecule has 1 aromatic carbocycles. The highest BCUT2D eigenvalue weighted by atomic mass is 35.5. The first kappa shape index (κ1) is 18.9. The maximum Gasteiger partial charge on any atom is 0.255 e. The first-order valence-electron chi connectivity index (χ1n) is 9.70. The summed E-state index contributed by atoms with van der Waals surface area (Å²) in [7, 11) is 0. The fraction of sp³-hybridized carbons (Fsp3) is 0.600. The molecule has 2 bridgehead atoms. The van der Waals surface area contributed by atoms with Crippen LogP contribution in [-0.4, -0.2) is 40.4 Å². The molecule has 2 amide bonds. The van der Waals surface area contributed by atoms with E-state index in [1.165, 1.54) is 31.4 Å². The van der Waals surface area contributed by atoms with Crippen molar-refractivity contribution in [2.75, 3.05) is 6.54 Å². The van der Waals surface area contributed by atoms with E-state index in [-0.39, 0.29) is 46.2 Å². The van der Waals surface area contributed by atoms with E-state index in [2.05, 4.69) is 5.32 Å². The number of aromatic hydroxyl groups is 1. The SMILES string of the molecule is O=C(N[C@@H]1C[C@H]2CC[C@@H]1CN2C(=O)CC1CCC1)c1cc(Cl)cc(Cl)c1O. The number of hydrogen-bond donors (Lipinski definition) is 2. The predicted molar refractivity (Wildman–Crippen MR) is 104 cm³/mol. The summed E-state index contributed by atoms with van der Waals surface area (Å²) in [6.45, 7) is 0.712. The Morgan fingerprint density at radius 3 is 2.59 bits per heavy atom. The van der Waals surface area contributed by atoms with Gasteiger partial charge in [-0.15, -0.1) is 0 Å². The minimum atomic E-state index is -0.373. The summed E-state index contributed by atoms with van der Waals surface area (Å²) in [5, 5.41) is 13.5. The quantitative estimate of drug-likeness (QED) is 0.787. The zero-order valence-corrected chi connectivity index (χ0v) is 16.6. The lowest BCUT2D eigenvalue weighted by atomic mass is 9.75. The number of phenols is 1. The minimum Gasteiger partial charge on any atom is -0.506 e. The van der Waals surface area contributed by atoms with Crippen LogP contribution in [0.3, 0.4) is 0 Å². The average molecular weight is 411 g/mol. The summed E-state index contributed by atoms with van der Waals surface area (Å²) in [5.41, 5.74) is 0.0897. The van der Waals surface area contributed by atoms with Gasteiger partial charge in [0.25, 0.3) is 5.91 Å². The lowest BCUT2D eigenvalue weighted by Crippen LogP contribution is -2.60. The molecule has 0 spiro atoms. The van der Waals surface area contributed by atoms with Crippen LogP contribution in [0.2, 0.25) is 10.0 Å². The van der Waals surface area contributed by atoms with Crippen LogP contribution in [0.15, 0.2) is 12.1 Å². The van der Waals surface area contributed by atoms with Crippen LogP contribution in [0.1, 0.15) is 55.3 Å². The molecule has 2 saturated carbocycles. The van der Waals surface area contributed by atoms with Gasteiger partial charge >= 0.3 is 0 Å². The van der Waals surface area contributed by atoms with Gasteiger partial charge in [-0.05, 0) is 56.1 Å². The molecule has 5 nitrogen and oxygen atoms in total. The van der Waals surface area contributed by atoms with Crippen LogP contribution in [0.5, 0.6) is 5.75 Å². The predicted octanol–water partition coefficient (Wildman–Crippen LogP) is 4.00. The number of piperidine rings is 2. The maximum atomic E-state index is 12.7. The summed E-state index contributed by atoms with van der Waals surface area (Å²) < 4.78 is 0. The fourth-order valence-corrected chi connectivity index (χ4v) is 5.14. The molecular weight excluding hydrogens is 387 g/mol. The number of halogens is 2. The third-order valence-electron chi connectivity index (χ3n) is 6.44. The number of carbonyl (C=O) groups excluding carboxylic acids is 2. The van der Waals surface area contributed by atoms with Crippen LogP contribution >= 0.6 is 23.2 Å². The molecule has 2 aliphatic heterocycles. The summed E-state index contributed by atoms with van der Waals surface area (Å²) >= 11 is 11.9. The van der Waals surface area contributed by atoms with E-state index in [1.807, 2.05) is 4.90 Å². The highest BCUT2D eigenvalue weighted by Gasteiger charge is 2.43. The molecule has 0 unspecified atom stereocenters. The van der Waals surface area contributed by atoms with Gasteiger partial charge in [-0.25, -0.2) is 0 Å². The third kappa shape index (κ3) is 3.77. The molecule has 0 aromatic heterocycles. The van der Waals surface area contributed by atoms with Crippen molar-refractivity contribution < 1.29 is 14.7 Å². The van der Waals surface area contributed by atoms with E-state index in [9.17, 15) is 14.7 Å². The summed E-state index contributed by atoms with van der Waals surface area (Å²) in [6, 6.07) is 3.03. The van der Waals surface area contributed by atoms with Gasteiger partial charge in [0.1, 0.15) is 5.75 Å². The molecule has 146 valence electrons. The second kappa shape index (κ2) is 7.51. The number of nitrogens with zero attached hydrogens (tertiary/aromatic N) is 1. The third-order valence-corrected chi connectivity index (χ3v) is 6.94. The highest BCUT2D eigenvalue weighted by molar-refractivity contribution is 6.36. The van der Waals surface area contributed by atoms with Gasteiger partial charge in [0.15, 0.2) is 0 Å². The van der Waals surface area contributed by atoms with E-state index in [0.717, 1.165) is 19.3 Å². The Balaban J connectivity index is 1.40. The van der Waals surface area contributed by atoms with E-state index in [4.69, 9.17) is 23.2 Å². The number of fused-ring (bicyclic) bond motifs is 3. The molecule has 7 heteroatoms. The Bertz CT molecular complexity index is 766. The van der Waals surface area contributed by atoms with Gasteiger partial charge in [0.05, 0.1) is 10.6 Å². The molecule has 4 aliphatic rings. The van der Waals surface area contributed by atoms with Gasteiger partial charge in [0, 0.05) is 30.1 Å². The monoisotopic (exact) mass is 410 g/mol.